The summed E-state index contributed by atoms with van der Waals surface area (Å²) < 4.78 is 11.5. The zero-order valence-electron chi connectivity index (χ0n) is 20.6. The van der Waals surface area contributed by atoms with Crippen molar-refractivity contribution in [2.24, 2.45) is 11.1 Å². The molecule has 35 heavy (non-hydrogen) atoms. The molecule has 6 heteroatoms. The fourth-order valence-corrected chi connectivity index (χ4v) is 5.70. The van der Waals surface area contributed by atoms with E-state index in [0.29, 0.717) is 36.3 Å². The monoisotopic (exact) mass is 469 g/mol. The van der Waals surface area contributed by atoms with Crippen LogP contribution >= 0.6 is 0 Å². The van der Waals surface area contributed by atoms with E-state index in [2.05, 4.69) is 49.1 Å². The van der Waals surface area contributed by atoms with Crippen molar-refractivity contribution in [3.8, 4) is 11.8 Å². The molecule has 0 amide bonds. The third-order valence-electron chi connectivity index (χ3n) is 7.30. The second kappa shape index (κ2) is 8.81. The van der Waals surface area contributed by atoms with E-state index in [9.17, 15) is 10.1 Å². The molecule has 1 aliphatic carbocycles. The third-order valence-corrected chi connectivity index (χ3v) is 7.30. The minimum atomic E-state index is -0.548. The van der Waals surface area contributed by atoms with Gasteiger partial charge in [0.15, 0.2) is 5.78 Å². The maximum Gasteiger partial charge on any atom is 0.205 e. The minimum Gasteiger partial charge on any atom is -0.497 e. The summed E-state index contributed by atoms with van der Waals surface area (Å²) in [6, 6.07) is 16.6. The van der Waals surface area contributed by atoms with Gasteiger partial charge in [-0.05, 0) is 53.1 Å². The van der Waals surface area contributed by atoms with Gasteiger partial charge in [-0.25, -0.2) is 0 Å². The summed E-state index contributed by atoms with van der Waals surface area (Å²) in [5.74, 6) is 0.895. The molecule has 0 radical (unpaired) electrons. The van der Waals surface area contributed by atoms with E-state index in [1.165, 1.54) is 11.3 Å². The molecule has 2 aliphatic heterocycles. The molecule has 2 N–H and O–H groups in total. The van der Waals surface area contributed by atoms with Crippen LogP contribution in [0.3, 0.4) is 0 Å². The molecule has 0 aromatic heterocycles. The van der Waals surface area contributed by atoms with Crippen LogP contribution in [0.2, 0.25) is 0 Å². The molecule has 3 aliphatic rings. The summed E-state index contributed by atoms with van der Waals surface area (Å²) in [4.78, 5) is 15.8. The fourth-order valence-electron chi connectivity index (χ4n) is 5.70. The Morgan fingerprint density at radius 2 is 2.03 bits per heavy atom. The van der Waals surface area contributed by atoms with E-state index >= 15 is 0 Å². The van der Waals surface area contributed by atoms with Crippen molar-refractivity contribution in [2.75, 3.05) is 18.6 Å². The van der Waals surface area contributed by atoms with Crippen LogP contribution in [0.25, 0.3) is 0 Å². The number of aryl methyl sites for hydroxylation is 1. The number of carbonyl (C=O) groups excluding carboxylic acids is 1. The molecular formula is C29H31N3O3. The first-order chi connectivity index (χ1) is 16.8. The molecule has 1 unspecified atom stereocenters. The first-order valence-electron chi connectivity index (χ1n) is 12.1. The summed E-state index contributed by atoms with van der Waals surface area (Å²) in [7, 11) is 1.65. The van der Waals surface area contributed by atoms with Gasteiger partial charge in [0.25, 0.3) is 0 Å². The topological polar surface area (TPSA) is 88.6 Å². The average molecular weight is 470 g/mol. The molecule has 0 fully saturated rings. The molecule has 6 nitrogen and oxygen atoms in total. The molecule has 2 aromatic carbocycles. The first kappa shape index (κ1) is 23.0. The number of ketones is 1. The summed E-state index contributed by atoms with van der Waals surface area (Å²) in [6.45, 7) is 5.69. The van der Waals surface area contributed by atoms with Gasteiger partial charge in [-0.1, -0.05) is 38.1 Å². The lowest BCUT2D eigenvalue weighted by Crippen LogP contribution is -2.34. The lowest BCUT2D eigenvalue weighted by molar-refractivity contribution is -0.119. The van der Waals surface area contributed by atoms with Gasteiger partial charge >= 0.3 is 0 Å². The van der Waals surface area contributed by atoms with Gasteiger partial charge in [-0.2, -0.15) is 5.26 Å². The number of benzene rings is 2. The Labute approximate surface area is 206 Å². The van der Waals surface area contributed by atoms with E-state index in [4.69, 9.17) is 15.2 Å². The van der Waals surface area contributed by atoms with Crippen molar-refractivity contribution in [3.63, 3.8) is 0 Å². The van der Waals surface area contributed by atoms with Crippen molar-refractivity contribution in [1.82, 2.24) is 0 Å². The number of Topliss-reactive ketones (excluding diaryl/α,β-unsaturated/α-hetero) is 1. The molecule has 0 saturated carbocycles. The normalized spacial score (nSPS) is 21.1. The fraction of sp³-hybridized carbons (Fsp3) is 0.379. The van der Waals surface area contributed by atoms with E-state index in [-0.39, 0.29) is 17.1 Å². The molecule has 5 rings (SSSR count). The molecule has 1 atom stereocenters. The smallest absolute Gasteiger partial charge is 0.205 e. The number of methoxy groups -OCH3 is 1. The maximum absolute atomic E-state index is 13.4. The van der Waals surface area contributed by atoms with Gasteiger partial charge in [0.1, 0.15) is 23.2 Å². The highest BCUT2D eigenvalue weighted by Gasteiger charge is 2.43. The van der Waals surface area contributed by atoms with Crippen LogP contribution in [0, 0.1) is 16.7 Å². The predicted molar refractivity (Wildman–Crippen MR) is 135 cm³/mol. The lowest BCUT2D eigenvalue weighted by Gasteiger charge is -2.38. The number of hydrogen-bond donors (Lipinski definition) is 1. The highest BCUT2D eigenvalue weighted by atomic mass is 16.5. The Kier molecular flexibility index (Phi) is 5.80. The molecule has 180 valence electrons. The Balaban J connectivity index is 1.64. The summed E-state index contributed by atoms with van der Waals surface area (Å²) in [5, 5.41) is 10.1. The van der Waals surface area contributed by atoms with E-state index < -0.39 is 5.92 Å². The van der Waals surface area contributed by atoms with Crippen LogP contribution in [0.4, 0.5) is 5.69 Å². The van der Waals surface area contributed by atoms with Crippen LogP contribution in [0.1, 0.15) is 55.7 Å². The van der Waals surface area contributed by atoms with Crippen molar-refractivity contribution < 1.29 is 14.3 Å². The number of carbonyl (C=O) groups is 1. The predicted octanol–water partition coefficient (Wildman–Crippen LogP) is 5.10. The number of nitriles is 1. The quantitative estimate of drug-likeness (QED) is 0.670. The van der Waals surface area contributed by atoms with Crippen LogP contribution in [0.5, 0.6) is 5.75 Å². The minimum absolute atomic E-state index is 0.0200. The SMILES string of the molecule is COc1ccc(C2C(C#N)=C(N)OC3=C2C(=O)CC(C)(C)C3)c(CN2CCCc3ccccc32)c1. The van der Waals surface area contributed by atoms with Gasteiger partial charge in [-0.15, -0.1) is 0 Å². The second-order valence-electron chi connectivity index (χ2n) is 10.4. The van der Waals surface area contributed by atoms with Gasteiger partial charge in [0, 0.05) is 37.2 Å². The largest absolute Gasteiger partial charge is 0.497 e. The number of para-hydroxylation sites is 1. The molecule has 0 bridgehead atoms. The molecule has 0 spiro atoms. The van der Waals surface area contributed by atoms with Crippen LogP contribution in [0.15, 0.2) is 65.3 Å². The van der Waals surface area contributed by atoms with Crippen LogP contribution in [-0.2, 0) is 22.5 Å². The highest BCUT2D eigenvalue weighted by molar-refractivity contribution is 6.00. The maximum atomic E-state index is 13.4. The summed E-state index contributed by atoms with van der Waals surface area (Å²) in [6.07, 6.45) is 3.16. The van der Waals surface area contributed by atoms with Gasteiger partial charge in [-0.3, -0.25) is 4.79 Å². The number of rotatable bonds is 4. The van der Waals surface area contributed by atoms with E-state index in [0.717, 1.165) is 36.3 Å². The molecule has 0 saturated heterocycles. The zero-order valence-corrected chi connectivity index (χ0v) is 20.6. The van der Waals surface area contributed by atoms with Crippen molar-refractivity contribution in [2.45, 2.75) is 52.0 Å². The third kappa shape index (κ3) is 4.16. The van der Waals surface area contributed by atoms with E-state index in [1.54, 1.807) is 7.11 Å². The molecular weight excluding hydrogens is 438 g/mol. The number of anilines is 1. The number of ether oxygens (including phenoxy) is 2. The van der Waals surface area contributed by atoms with Gasteiger partial charge in [0.05, 0.1) is 13.0 Å². The van der Waals surface area contributed by atoms with Crippen LogP contribution in [-0.4, -0.2) is 19.4 Å². The lowest BCUT2D eigenvalue weighted by atomic mass is 9.69. The Morgan fingerprint density at radius 1 is 1.23 bits per heavy atom. The van der Waals surface area contributed by atoms with Gasteiger partial charge in [0.2, 0.25) is 5.88 Å². The van der Waals surface area contributed by atoms with Crippen molar-refractivity contribution in [1.29, 1.82) is 5.26 Å². The summed E-state index contributed by atoms with van der Waals surface area (Å²) >= 11 is 0. The number of fused-ring (bicyclic) bond motifs is 1. The Hall–Kier alpha value is -3.72. The standard InChI is InChI=1S/C29H31N3O3/c1-29(2)14-24(33)27-25(15-29)35-28(31)22(16-30)26(27)21-11-10-20(34-3)13-19(21)17-32-12-6-8-18-7-4-5-9-23(18)32/h4-5,7,9-11,13,26H,6,8,12,14-15,17,31H2,1-3H3. The van der Waals surface area contributed by atoms with Crippen molar-refractivity contribution >= 4 is 11.5 Å². The Morgan fingerprint density at radius 3 is 2.80 bits per heavy atom. The second-order valence-corrected chi connectivity index (χ2v) is 10.4. The first-order valence-corrected chi connectivity index (χ1v) is 12.1. The number of allylic oxidation sites excluding steroid dienone is 3. The molecule has 2 heterocycles. The zero-order chi connectivity index (χ0) is 24.7. The van der Waals surface area contributed by atoms with Gasteiger partial charge < -0.3 is 20.1 Å². The number of hydrogen-bond acceptors (Lipinski definition) is 6. The number of nitrogens with two attached hydrogens (primary N) is 1. The number of nitrogens with zero attached hydrogens (tertiary/aromatic N) is 2. The van der Waals surface area contributed by atoms with Crippen LogP contribution < -0.4 is 15.4 Å². The van der Waals surface area contributed by atoms with E-state index in [1.807, 2.05) is 18.2 Å². The van der Waals surface area contributed by atoms with Crippen molar-refractivity contribution in [3.05, 3.63) is 81.9 Å². The average Bonchev–Trinajstić information content (AvgIpc) is 2.82. The molecule has 2 aromatic rings. The summed E-state index contributed by atoms with van der Waals surface area (Å²) in [5.41, 5.74) is 11.4. The Bertz CT molecular complexity index is 1300. The highest BCUT2D eigenvalue weighted by Crippen LogP contribution is 2.49.